The van der Waals surface area contributed by atoms with Crippen LogP contribution in [0.3, 0.4) is 0 Å². The van der Waals surface area contributed by atoms with Gasteiger partial charge in [0, 0.05) is 18.5 Å². The normalized spacial score (nSPS) is 44.2. The fourth-order valence-electron chi connectivity index (χ4n) is 4.64. The van der Waals surface area contributed by atoms with E-state index in [4.69, 9.17) is 0 Å². The third kappa shape index (κ3) is 1.64. The van der Waals surface area contributed by atoms with Crippen molar-refractivity contribution in [2.45, 2.75) is 71.4 Å². The van der Waals surface area contributed by atoms with Crippen LogP contribution in [0.2, 0.25) is 0 Å². The van der Waals surface area contributed by atoms with Crippen molar-refractivity contribution in [2.24, 2.45) is 10.8 Å². The van der Waals surface area contributed by atoms with Crippen LogP contribution in [0.1, 0.15) is 59.3 Å². The Kier molecular flexibility index (Phi) is 2.90. The van der Waals surface area contributed by atoms with Crippen molar-refractivity contribution in [2.75, 3.05) is 0 Å². The first-order chi connectivity index (χ1) is 9.30. The van der Waals surface area contributed by atoms with E-state index in [2.05, 4.69) is 27.4 Å². The Balaban J connectivity index is 1.97. The number of nitrogens with zero attached hydrogens (tertiary/aromatic N) is 1. The zero-order valence-corrected chi connectivity index (χ0v) is 12.9. The van der Waals surface area contributed by atoms with Crippen LogP contribution in [0, 0.1) is 10.8 Å². The fourth-order valence-corrected chi connectivity index (χ4v) is 4.64. The van der Waals surface area contributed by atoms with Gasteiger partial charge in [0.15, 0.2) is 0 Å². The molecule has 1 saturated heterocycles. The molecule has 0 unspecified atom stereocenters. The molecule has 0 aromatic carbocycles. The van der Waals surface area contributed by atoms with E-state index in [-0.39, 0.29) is 29.2 Å². The highest BCUT2D eigenvalue weighted by Crippen LogP contribution is 2.60. The molecule has 3 heteroatoms. The molecule has 3 fully saturated rings. The van der Waals surface area contributed by atoms with Crippen molar-refractivity contribution in [3.8, 4) is 0 Å². The Hall–Kier alpha value is -1.12. The van der Waals surface area contributed by atoms with Crippen molar-refractivity contribution in [3.05, 3.63) is 12.2 Å². The van der Waals surface area contributed by atoms with Crippen molar-refractivity contribution in [1.82, 2.24) is 4.90 Å². The van der Waals surface area contributed by atoms with Gasteiger partial charge in [-0.15, -0.1) is 0 Å². The number of amides is 1. The molecule has 2 bridgehead atoms. The molecule has 4 atom stereocenters. The molecule has 0 aromatic rings. The van der Waals surface area contributed by atoms with Crippen LogP contribution in [0.4, 0.5) is 0 Å². The molecule has 3 nitrogen and oxygen atoms in total. The van der Waals surface area contributed by atoms with E-state index < -0.39 is 5.41 Å². The summed E-state index contributed by atoms with van der Waals surface area (Å²) in [6.45, 7) is 10.6. The average Bonchev–Trinajstić information content (AvgIpc) is 2.83. The lowest BCUT2D eigenvalue weighted by Crippen LogP contribution is -2.52. The summed E-state index contributed by atoms with van der Waals surface area (Å²) in [4.78, 5) is 27.7. The maximum atomic E-state index is 13.2. The first-order valence-corrected chi connectivity index (χ1v) is 7.84. The van der Waals surface area contributed by atoms with E-state index in [1.807, 2.05) is 4.90 Å². The average molecular weight is 275 g/mol. The predicted octanol–water partition coefficient (Wildman–Crippen LogP) is 3.09. The van der Waals surface area contributed by atoms with Crippen LogP contribution in [0.25, 0.3) is 0 Å². The number of carbonyl (C=O) groups is 2. The second-order valence-electron chi connectivity index (χ2n) is 7.51. The summed E-state index contributed by atoms with van der Waals surface area (Å²) in [6.07, 6.45) is 4.77. The Bertz CT molecular complexity index is 487. The number of likely N-dealkylation sites (tertiary alicyclic amines) is 1. The number of carbonyl (C=O) groups excluding carboxylic acids is 2. The maximum absolute atomic E-state index is 13.2. The molecule has 0 N–H and O–H groups in total. The lowest BCUT2D eigenvalue weighted by atomic mass is 9.68. The van der Waals surface area contributed by atoms with Crippen molar-refractivity contribution in [3.63, 3.8) is 0 Å². The van der Waals surface area contributed by atoms with Gasteiger partial charge in [0.1, 0.15) is 11.2 Å². The summed E-state index contributed by atoms with van der Waals surface area (Å²) < 4.78 is 0. The van der Waals surface area contributed by atoms with Crippen molar-refractivity contribution < 1.29 is 9.59 Å². The predicted molar refractivity (Wildman–Crippen MR) is 78.2 cm³/mol. The molecule has 2 saturated carbocycles. The molecule has 0 spiro atoms. The standard InChI is InChI=1S/C17H25NO2/c1-11-9-17(10-16(11,4)8-7-14(17)19)15(20)18-12(2)5-6-13(18)3/h12-13H,1,5-10H2,2-4H3/t12-,13-,16-,17+/m1/s1. The van der Waals surface area contributed by atoms with E-state index in [1.165, 1.54) is 0 Å². The Morgan fingerprint density at radius 1 is 1.30 bits per heavy atom. The summed E-state index contributed by atoms with van der Waals surface area (Å²) in [7, 11) is 0. The number of ketones is 1. The topological polar surface area (TPSA) is 37.4 Å². The van der Waals surface area contributed by atoms with Gasteiger partial charge in [-0.05, 0) is 51.4 Å². The molecule has 0 aromatic heterocycles. The molecule has 1 heterocycles. The van der Waals surface area contributed by atoms with Gasteiger partial charge < -0.3 is 4.90 Å². The summed E-state index contributed by atoms with van der Waals surface area (Å²) in [5.74, 6) is 0.245. The Morgan fingerprint density at radius 3 is 2.50 bits per heavy atom. The molecule has 1 aliphatic heterocycles. The lowest BCUT2D eigenvalue weighted by Gasteiger charge is -2.39. The molecule has 110 valence electrons. The highest BCUT2D eigenvalue weighted by atomic mass is 16.2. The highest BCUT2D eigenvalue weighted by Gasteiger charge is 2.61. The zero-order valence-electron chi connectivity index (χ0n) is 12.9. The lowest BCUT2D eigenvalue weighted by molar-refractivity contribution is -0.153. The molecule has 2 aliphatic carbocycles. The van der Waals surface area contributed by atoms with Gasteiger partial charge in [0.25, 0.3) is 0 Å². The second kappa shape index (κ2) is 4.19. The number of fused-ring (bicyclic) bond motifs is 2. The van der Waals surface area contributed by atoms with E-state index in [0.717, 1.165) is 24.8 Å². The molecular formula is C17H25NO2. The van der Waals surface area contributed by atoms with E-state index in [1.54, 1.807) is 0 Å². The molecule has 20 heavy (non-hydrogen) atoms. The minimum absolute atomic E-state index is 0.00420. The summed E-state index contributed by atoms with van der Waals surface area (Å²) in [5.41, 5.74) is 0.323. The first-order valence-electron chi connectivity index (χ1n) is 7.84. The maximum Gasteiger partial charge on any atom is 0.237 e. The third-order valence-electron chi connectivity index (χ3n) is 6.09. The first kappa shape index (κ1) is 13.8. The Labute approximate surface area is 121 Å². The quantitative estimate of drug-likeness (QED) is 0.545. The van der Waals surface area contributed by atoms with Crippen LogP contribution in [-0.4, -0.2) is 28.7 Å². The summed E-state index contributed by atoms with van der Waals surface area (Å²) in [5, 5.41) is 0. The molecular weight excluding hydrogens is 250 g/mol. The third-order valence-corrected chi connectivity index (χ3v) is 6.09. The monoisotopic (exact) mass is 275 g/mol. The minimum atomic E-state index is -0.781. The van der Waals surface area contributed by atoms with Crippen molar-refractivity contribution >= 4 is 11.7 Å². The van der Waals surface area contributed by atoms with Crippen LogP contribution in [0.5, 0.6) is 0 Å². The minimum Gasteiger partial charge on any atom is -0.336 e. The number of allylic oxidation sites excluding steroid dienone is 1. The van der Waals surface area contributed by atoms with Crippen LogP contribution in [0.15, 0.2) is 12.2 Å². The van der Waals surface area contributed by atoms with Gasteiger partial charge in [-0.2, -0.15) is 0 Å². The number of hydrogen-bond acceptors (Lipinski definition) is 2. The van der Waals surface area contributed by atoms with Gasteiger partial charge in [-0.25, -0.2) is 0 Å². The van der Waals surface area contributed by atoms with E-state index in [0.29, 0.717) is 19.3 Å². The fraction of sp³-hybridized carbons (Fsp3) is 0.765. The van der Waals surface area contributed by atoms with Crippen LogP contribution in [-0.2, 0) is 9.59 Å². The van der Waals surface area contributed by atoms with Crippen molar-refractivity contribution in [1.29, 1.82) is 0 Å². The molecule has 3 aliphatic rings. The van der Waals surface area contributed by atoms with Crippen LogP contribution < -0.4 is 0 Å². The SMILES string of the molecule is C=C1C[C@]2(C(=O)N3[C@H](C)CC[C@H]3C)C[C@@]1(C)CCC2=O. The summed E-state index contributed by atoms with van der Waals surface area (Å²) >= 11 is 0. The van der Waals surface area contributed by atoms with E-state index in [9.17, 15) is 9.59 Å². The molecule has 3 rings (SSSR count). The van der Waals surface area contributed by atoms with E-state index >= 15 is 0 Å². The van der Waals surface area contributed by atoms with Gasteiger partial charge >= 0.3 is 0 Å². The molecule has 0 radical (unpaired) electrons. The smallest absolute Gasteiger partial charge is 0.237 e. The largest absolute Gasteiger partial charge is 0.336 e. The molecule has 1 amide bonds. The zero-order chi connectivity index (χ0) is 14.7. The summed E-state index contributed by atoms with van der Waals surface area (Å²) in [6, 6.07) is 0.531. The van der Waals surface area contributed by atoms with Gasteiger partial charge in [0.2, 0.25) is 5.91 Å². The van der Waals surface area contributed by atoms with Crippen LogP contribution >= 0.6 is 0 Å². The van der Waals surface area contributed by atoms with Gasteiger partial charge in [-0.1, -0.05) is 19.1 Å². The Morgan fingerprint density at radius 2 is 1.90 bits per heavy atom. The second-order valence-corrected chi connectivity index (χ2v) is 7.51. The number of Topliss-reactive ketones (excluding diaryl/α,β-unsaturated/α-hetero) is 1. The number of hydrogen-bond donors (Lipinski definition) is 0. The van der Waals surface area contributed by atoms with Gasteiger partial charge in [0.05, 0.1) is 0 Å². The highest BCUT2D eigenvalue weighted by molar-refractivity contribution is 6.08. The number of rotatable bonds is 1. The van der Waals surface area contributed by atoms with Gasteiger partial charge in [-0.3, -0.25) is 9.59 Å².